The van der Waals surface area contributed by atoms with E-state index in [1.54, 1.807) is 4.90 Å². The average Bonchev–Trinajstić information content (AvgIpc) is 3.02. The van der Waals surface area contributed by atoms with Crippen molar-refractivity contribution in [2.45, 2.75) is 57.5 Å². The van der Waals surface area contributed by atoms with Gasteiger partial charge < -0.3 is 10.2 Å². The molecule has 5 nitrogen and oxygen atoms in total. The van der Waals surface area contributed by atoms with Crippen LogP contribution in [0.25, 0.3) is 0 Å². The first-order chi connectivity index (χ1) is 15.1. The molecule has 1 amide bonds. The van der Waals surface area contributed by atoms with Gasteiger partial charge in [0.05, 0.1) is 17.5 Å². The molecule has 2 aromatic rings. The number of fused-ring (bicyclic) bond motifs is 1. The maximum Gasteiger partial charge on any atom is 0.225 e. The lowest BCUT2D eigenvalue weighted by Crippen LogP contribution is -2.38. The third-order valence-electron chi connectivity index (χ3n) is 7.57. The van der Waals surface area contributed by atoms with Crippen LogP contribution < -0.4 is 5.32 Å². The van der Waals surface area contributed by atoms with E-state index in [9.17, 15) is 13.2 Å². The van der Waals surface area contributed by atoms with Gasteiger partial charge in [0.2, 0.25) is 5.91 Å². The monoisotopic (exact) mass is 454 g/mol. The highest BCUT2D eigenvalue weighted by molar-refractivity contribution is 7.91. The molecule has 2 aromatic carbocycles. The van der Waals surface area contributed by atoms with Gasteiger partial charge in [0.25, 0.3) is 0 Å². The van der Waals surface area contributed by atoms with Crippen LogP contribution in [0, 0.1) is 5.92 Å². The number of hydrogen-bond donors (Lipinski definition) is 1. The Morgan fingerprint density at radius 2 is 1.69 bits per heavy atom. The predicted molar refractivity (Wildman–Crippen MR) is 130 cm³/mol. The summed E-state index contributed by atoms with van der Waals surface area (Å²) in [6.07, 6.45) is 1.87. The first kappa shape index (κ1) is 22.8. The molecule has 4 rings (SSSR count). The Hall–Kier alpha value is -2.34. The fraction of sp³-hybridized carbons (Fsp3) is 0.500. The fourth-order valence-corrected chi connectivity index (χ4v) is 6.61. The van der Waals surface area contributed by atoms with Crippen molar-refractivity contribution >= 4 is 21.4 Å². The Morgan fingerprint density at radius 1 is 1.06 bits per heavy atom. The molecule has 0 saturated carbocycles. The maximum atomic E-state index is 12.9. The van der Waals surface area contributed by atoms with E-state index in [0.717, 1.165) is 17.7 Å². The molecule has 1 N–H and O–H groups in total. The predicted octanol–water partition coefficient (Wildman–Crippen LogP) is 4.35. The van der Waals surface area contributed by atoms with Gasteiger partial charge in [0.1, 0.15) is 9.84 Å². The van der Waals surface area contributed by atoms with Crippen molar-refractivity contribution in [1.29, 1.82) is 0 Å². The van der Waals surface area contributed by atoms with Crippen molar-refractivity contribution in [1.82, 2.24) is 4.90 Å². The van der Waals surface area contributed by atoms with Crippen LogP contribution in [-0.2, 0) is 26.5 Å². The smallest absolute Gasteiger partial charge is 0.225 e. The molecule has 0 spiro atoms. The third-order valence-corrected chi connectivity index (χ3v) is 9.29. The van der Waals surface area contributed by atoms with Crippen LogP contribution in [0.4, 0.5) is 5.69 Å². The minimum atomic E-state index is -2.97. The quantitative estimate of drug-likeness (QED) is 0.730. The van der Waals surface area contributed by atoms with Gasteiger partial charge in [-0.15, -0.1) is 0 Å². The molecular formula is C26H34N2O3S. The highest BCUT2D eigenvalue weighted by Crippen LogP contribution is 2.40. The lowest BCUT2D eigenvalue weighted by atomic mass is 9.83. The number of carbonyl (C=O) groups excluding carboxylic acids is 1. The number of nitrogens with zero attached hydrogens (tertiary/aromatic N) is 1. The SMILES string of the molecule is C[C@H](c1ccc(NC2Cc3ccccc3C2(C)C)cc1)N(C)C(=O)C1CCS(=O)(=O)CC1. The molecule has 1 unspecified atom stereocenters. The number of carbonyl (C=O) groups is 1. The van der Waals surface area contributed by atoms with E-state index in [0.29, 0.717) is 18.9 Å². The van der Waals surface area contributed by atoms with Crippen LogP contribution in [-0.4, -0.2) is 43.8 Å². The molecule has 172 valence electrons. The minimum absolute atomic E-state index is 0.0417. The van der Waals surface area contributed by atoms with Gasteiger partial charge in [0.15, 0.2) is 0 Å². The highest BCUT2D eigenvalue weighted by Gasteiger charge is 2.39. The van der Waals surface area contributed by atoms with Crippen molar-refractivity contribution in [2.24, 2.45) is 5.92 Å². The molecule has 32 heavy (non-hydrogen) atoms. The van der Waals surface area contributed by atoms with Crippen LogP contribution in [0.2, 0.25) is 0 Å². The number of amides is 1. The normalized spacial score (nSPS) is 22.7. The van der Waals surface area contributed by atoms with Gasteiger partial charge in [-0.05, 0) is 55.0 Å². The Morgan fingerprint density at radius 3 is 2.31 bits per heavy atom. The molecule has 6 heteroatoms. The van der Waals surface area contributed by atoms with Crippen molar-refractivity contribution in [3.05, 3.63) is 65.2 Å². The molecule has 1 fully saturated rings. The Bertz CT molecular complexity index is 1080. The number of rotatable bonds is 5. The van der Waals surface area contributed by atoms with Gasteiger partial charge in [0, 0.05) is 30.1 Å². The van der Waals surface area contributed by atoms with Crippen molar-refractivity contribution in [2.75, 3.05) is 23.9 Å². The van der Waals surface area contributed by atoms with E-state index in [-0.39, 0.29) is 34.8 Å². The molecule has 1 saturated heterocycles. The number of hydrogen-bond acceptors (Lipinski definition) is 4. The van der Waals surface area contributed by atoms with E-state index in [1.165, 1.54) is 11.1 Å². The average molecular weight is 455 g/mol. The summed E-state index contributed by atoms with van der Waals surface area (Å²) in [5, 5.41) is 3.72. The maximum absolute atomic E-state index is 12.9. The topological polar surface area (TPSA) is 66.5 Å². The summed E-state index contributed by atoms with van der Waals surface area (Å²) in [5.74, 6) is 0.0824. The zero-order valence-electron chi connectivity index (χ0n) is 19.5. The number of nitrogens with one attached hydrogen (secondary N) is 1. The van der Waals surface area contributed by atoms with Crippen molar-refractivity contribution < 1.29 is 13.2 Å². The van der Waals surface area contributed by atoms with E-state index in [1.807, 2.05) is 14.0 Å². The summed E-state index contributed by atoms with van der Waals surface area (Å²) >= 11 is 0. The minimum Gasteiger partial charge on any atom is -0.381 e. The van der Waals surface area contributed by atoms with E-state index >= 15 is 0 Å². The van der Waals surface area contributed by atoms with Gasteiger partial charge in [-0.3, -0.25) is 4.79 Å². The van der Waals surface area contributed by atoms with E-state index in [2.05, 4.69) is 67.7 Å². The zero-order chi connectivity index (χ0) is 23.1. The lowest BCUT2D eigenvalue weighted by Gasteiger charge is -2.31. The molecule has 2 atom stereocenters. The molecule has 0 bridgehead atoms. The highest BCUT2D eigenvalue weighted by atomic mass is 32.2. The van der Waals surface area contributed by atoms with Gasteiger partial charge in [-0.2, -0.15) is 0 Å². The summed E-state index contributed by atoms with van der Waals surface area (Å²) in [7, 11) is -1.15. The summed E-state index contributed by atoms with van der Waals surface area (Å²) in [6, 6.07) is 17.3. The van der Waals surface area contributed by atoms with Gasteiger partial charge in [-0.1, -0.05) is 50.2 Å². The Balaban J connectivity index is 1.40. The van der Waals surface area contributed by atoms with Crippen molar-refractivity contribution in [3.8, 4) is 0 Å². The van der Waals surface area contributed by atoms with Crippen LogP contribution in [0.5, 0.6) is 0 Å². The molecule has 1 aliphatic heterocycles. The second-order valence-electron chi connectivity index (χ2n) is 9.95. The van der Waals surface area contributed by atoms with Crippen LogP contribution >= 0.6 is 0 Å². The fourth-order valence-electron chi connectivity index (χ4n) is 5.12. The largest absolute Gasteiger partial charge is 0.381 e. The van der Waals surface area contributed by atoms with Crippen LogP contribution in [0.15, 0.2) is 48.5 Å². The molecule has 1 aliphatic carbocycles. The second-order valence-corrected chi connectivity index (χ2v) is 12.3. The summed E-state index contributed by atoms with van der Waals surface area (Å²) in [6.45, 7) is 6.62. The Labute approximate surface area is 192 Å². The van der Waals surface area contributed by atoms with E-state index in [4.69, 9.17) is 0 Å². The summed E-state index contributed by atoms with van der Waals surface area (Å²) in [5.41, 5.74) is 5.04. The summed E-state index contributed by atoms with van der Waals surface area (Å²) in [4.78, 5) is 14.7. The first-order valence-electron chi connectivity index (χ1n) is 11.5. The molecular weight excluding hydrogens is 420 g/mol. The lowest BCUT2D eigenvalue weighted by molar-refractivity contribution is -0.136. The van der Waals surface area contributed by atoms with Crippen molar-refractivity contribution in [3.63, 3.8) is 0 Å². The zero-order valence-corrected chi connectivity index (χ0v) is 20.3. The molecule has 0 aromatic heterocycles. The number of benzene rings is 2. The number of sulfone groups is 1. The van der Waals surface area contributed by atoms with E-state index < -0.39 is 9.84 Å². The van der Waals surface area contributed by atoms with Crippen LogP contribution in [0.1, 0.15) is 56.3 Å². The molecule has 0 radical (unpaired) electrons. The number of anilines is 1. The second kappa shape index (κ2) is 8.54. The molecule has 2 aliphatic rings. The van der Waals surface area contributed by atoms with Gasteiger partial charge in [-0.25, -0.2) is 8.42 Å². The third kappa shape index (κ3) is 4.42. The standard InChI is InChI=1S/C26H34N2O3S/c1-18(28(4)25(29)20-13-15-32(30,31)16-14-20)19-9-11-22(12-10-19)27-24-17-21-7-5-6-8-23(21)26(24,2)3/h5-12,18,20,24,27H,13-17H2,1-4H3/t18-,24?/m1/s1. The summed E-state index contributed by atoms with van der Waals surface area (Å²) < 4.78 is 23.3. The van der Waals surface area contributed by atoms with Gasteiger partial charge >= 0.3 is 0 Å². The van der Waals surface area contributed by atoms with Crippen LogP contribution in [0.3, 0.4) is 0 Å². The Kier molecular flexibility index (Phi) is 6.10. The molecule has 1 heterocycles. The first-order valence-corrected chi connectivity index (χ1v) is 13.3.